The van der Waals surface area contributed by atoms with Crippen molar-refractivity contribution in [1.82, 2.24) is 9.78 Å². The van der Waals surface area contributed by atoms with Crippen molar-refractivity contribution in [3.05, 3.63) is 47.3 Å². The number of aromatic nitrogens is 2. The maximum atomic E-state index is 5.96. The lowest BCUT2D eigenvalue weighted by Gasteiger charge is -2.15. The molecule has 1 aromatic carbocycles. The Kier molecular flexibility index (Phi) is 4.96. The summed E-state index contributed by atoms with van der Waals surface area (Å²) in [5.74, 6) is 0.948. The van der Waals surface area contributed by atoms with E-state index in [2.05, 4.69) is 36.2 Å². The Labute approximate surface area is 128 Å². The summed E-state index contributed by atoms with van der Waals surface area (Å²) in [7, 11) is 1.16. The van der Waals surface area contributed by atoms with Gasteiger partial charge in [0.1, 0.15) is 5.75 Å². The molecule has 0 spiro atoms. The molecule has 0 N–H and O–H groups in total. The van der Waals surface area contributed by atoms with Gasteiger partial charge in [-0.15, -0.1) is 0 Å². The molecule has 1 unspecified atom stereocenters. The highest BCUT2D eigenvalue weighted by Crippen LogP contribution is 2.27. The Hall–Kier alpha value is -1.88. The Morgan fingerprint density at radius 2 is 2.05 bits per heavy atom. The van der Waals surface area contributed by atoms with Gasteiger partial charge in [0.25, 0.3) is 9.04 Å². The predicted molar refractivity (Wildman–Crippen MR) is 88.5 cm³/mol. The monoisotopic (exact) mass is 300 g/mol. The molecule has 111 valence electrons. The van der Waals surface area contributed by atoms with Crippen LogP contribution >= 0.6 is 0 Å². The molecular formula is C16H22N3OSi. The molecule has 5 heteroatoms. The minimum atomic E-state index is -0.777. The average Bonchev–Trinajstić information content (AvgIpc) is 2.76. The molecule has 2 aromatic rings. The number of hydrogen-bond acceptors (Lipinski definition) is 3. The SMILES string of the molecule is Cc1c(C=NC(C)c2ccccc2O[Si](C)C)cnn1C. The van der Waals surface area contributed by atoms with Gasteiger partial charge in [-0.1, -0.05) is 18.2 Å². The second-order valence-corrected chi connectivity index (χ2v) is 7.33. The third-order valence-corrected chi connectivity index (χ3v) is 4.02. The van der Waals surface area contributed by atoms with Crippen LogP contribution in [0.4, 0.5) is 0 Å². The van der Waals surface area contributed by atoms with E-state index in [9.17, 15) is 0 Å². The van der Waals surface area contributed by atoms with Gasteiger partial charge < -0.3 is 4.43 Å². The lowest BCUT2D eigenvalue weighted by molar-refractivity contribution is 0.564. The van der Waals surface area contributed by atoms with E-state index in [1.165, 1.54) is 0 Å². The third-order valence-electron chi connectivity index (χ3n) is 3.39. The summed E-state index contributed by atoms with van der Waals surface area (Å²) in [6.45, 7) is 8.39. The molecule has 1 heterocycles. The normalized spacial score (nSPS) is 13.0. The number of aryl methyl sites for hydroxylation is 1. The topological polar surface area (TPSA) is 39.4 Å². The maximum Gasteiger partial charge on any atom is 0.274 e. The number of nitrogens with zero attached hydrogens (tertiary/aromatic N) is 3. The van der Waals surface area contributed by atoms with Crippen molar-refractivity contribution in [3.8, 4) is 5.75 Å². The standard InChI is InChI=1S/C16H22N3OSi/c1-12(17-10-14-11-18-19(3)13(14)2)15-8-6-7-9-16(15)20-21(4)5/h6-12H,1-5H3. The average molecular weight is 300 g/mol. The van der Waals surface area contributed by atoms with Crippen LogP contribution in [-0.4, -0.2) is 25.0 Å². The Morgan fingerprint density at radius 3 is 2.67 bits per heavy atom. The van der Waals surface area contributed by atoms with Crippen LogP contribution in [0.2, 0.25) is 13.1 Å². The van der Waals surface area contributed by atoms with E-state index in [0.29, 0.717) is 0 Å². The summed E-state index contributed by atoms with van der Waals surface area (Å²) < 4.78 is 7.81. The molecule has 0 fully saturated rings. The molecule has 1 atom stereocenters. The van der Waals surface area contributed by atoms with E-state index in [0.717, 1.165) is 22.6 Å². The molecule has 1 aromatic heterocycles. The van der Waals surface area contributed by atoms with Crippen molar-refractivity contribution in [1.29, 1.82) is 0 Å². The number of benzene rings is 1. The van der Waals surface area contributed by atoms with Gasteiger partial charge >= 0.3 is 0 Å². The largest absolute Gasteiger partial charge is 0.542 e. The van der Waals surface area contributed by atoms with E-state index < -0.39 is 9.04 Å². The van der Waals surface area contributed by atoms with Crippen LogP contribution in [0.15, 0.2) is 35.5 Å². The van der Waals surface area contributed by atoms with Crippen LogP contribution in [-0.2, 0) is 7.05 Å². The van der Waals surface area contributed by atoms with Crippen LogP contribution in [0.3, 0.4) is 0 Å². The van der Waals surface area contributed by atoms with Crippen molar-refractivity contribution in [2.24, 2.45) is 12.0 Å². The zero-order valence-electron chi connectivity index (χ0n) is 13.3. The summed E-state index contributed by atoms with van der Waals surface area (Å²) in [5, 5.41) is 4.23. The Morgan fingerprint density at radius 1 is 1.33 bits per heavy atom. The number of para-hydroxylation sites is 1. The van der Waals surface area contributed by atoms with E-state index in [-0.39, 0.29) is 6.04 Å². The fourth-order valence-corrected chi connectivity index (χ4v) is 2.68. The highest BCUT2D eigenvalue weighted by molar-refractivity contribution is 6.49. The highest BCUT2D eigenvalue weighted by Gasteiger charge is 2.11. The highest BCUT2D eigenvalue weighted by atomic mass is 28.3. The van der Waals surface area contributed by atoms with Crippen LogP contribution in [0.5, 0.6) is 5.75 Å². The van der Waals surface area contributed by atoms with E-state index in [1.807, 2.05) is 49.3 Å². The van der Waals surface area contributed by atoms with Crippen molar-refractivity contribution in [2.45, 2.75) is 33.0 Å². The molecule has 0 aliphatic rings. The Bertz CT molecular complexity index is 634. The molecule has 1 radical (unpaired) electrons. The van der Waals surface area contributed by atoms with Crippen LogP contribution < -0.4 is 4.43 Å². The molecule has 21 heavy (non-hydrogen) atoms. The molecule has 0 amide bonds. The third kappa shape index (κ3) is 3.82. The molecular weight excluding hydrogens is 278 g/mol. The lowest BCUT2D eigenvalue weighted by Crippen LogP contribution is -2.13. The second-order valence-electron chi connectivity index (χ2n) is 5.31. The van der Waals surface area contributed by atoms with E-state index >= 15 is 0 Å². The summed E-state index contributed by atoms with van der Waals surface area (Å²) in [4.78, 5) is 4.66. The first-order valence-corrected chi connectivity index (χ1v) is 9.48. The fraction of sp³-hybridized carbons (Fsp3) is 0.375. The van der Waals surface area contributed by atoms with Crippen LogP contribution in [0.1, 0.15) is 29.8 Å². The quantitative estimate of drug-likeness (QED) is 0.626. The molecule has 0 aliphatic heterocycles. The summed E-state index contributed by atoms with van der Waals surface area (Å²) in [6, 6.07) is 8.20. The van der Waals surface area contributed by atoms with Gasteiger partial charge in [0.2, 0.25) is 0 Å². The zero-order chi connectivity index (χ0) is 15.4. The van der Waals surface area contributed by atoms with Gasteiger partial charge in [-0.2, -0.15) is 5.10 Å². The minimum absolute atomic E-state index is 0.0576. The first-order chi connectivity index (χ1) is 9.99. The fourth-order valence-electron chi connectivity index (χ4n) is 2.05. The Balaban J connectivity index is 2.20. The molecule has 2 rings (SSSR count). The van der Waals surface area contributed by atoms with Gasteiger partial charge in [0.05, 0.1) is 12.2 Å². The molecule has 0 bridgehead atoms. The van der Waals surface area contributed by atoms with Crippen molar-refractivity contribution >= 4 is 15.3 Å². The minimum Gasteiger partial charge on any atom is -0.542 e. The van der Waals surface area contributed by atoms with Gasteiger partial charge in [-0.05, 0) is 33.0 Å². The maximum absolute atomic E-state index is 5.96. The van der Waals surface area contributed by atoms with Crippen molar-refractivity contribution in [3.63, 3.8) is 0 Å². The van der Waals surface area contributed by atoms with E-state index in [1.54, 1.807) is 0 Å². The molecule has 4 nitrogen and oxygen atoms in total. The summed E-state index contributed by atoms with van der Waals surface area (Å²) >= 11 is 0. The van der Waals surface area contributed by atoms with Crippen LogP contribution in [0, 0.1) is 6.92 Å². The first kappa shape index (κ1) is 15.5. The van der Waals surface area contributed by atoms with Crippen molar-refractivity contribution < 1.29 is 4.43 Å². The summed E-state index contributed by atoms with van der Waals surface area (Å²) in [5.41, 5.74) is 3.29. The number of hydrogen-bond donors (Lipinski definition) is 0. The first-order valence-electron chi connectivity index (χ1n) is 7.07. The van der Waals surface area contributed by atoms with Gasteiger partial charge in [-0.3, -0.25) is 9.67 Å². The van der Waals surface area contributed by atoms with Gasteiger partial charge in [-0.25, -0.2) is 0 Å². The molecule has 0 saturated heterocycles. The number of aliphatic imine (C=N–C) groups is 1. The predicted octanol–water partition coefficient (Wildman–Crippen LogP) is 3.54. The second kappa shape index (κ2) is 6.71. The van der Waals surface area contributed by atoms with Gasteiger partial charge in [0, 0.05) is 30.1 Å². The molecule has 0 aliphatic carbocycles. The van der Waals surface area contributed by atoms with Crippen LogP contribution in [0.25, 0.3) is 0 Å². The smallest absolute Gasteiger partial charge is 0.274 e. The summed E-state index contributed by atoms with van der Waals surface area (Å²) in [6.07, 6.45) is 3.74. The van der Waals surface area contributed by atoms with Gasteiger partial charge in [0.15, 0.2) is 0 Å². The number of rotatable bonds is 5. The zero-order valence-corrected chi connectivity index (χ0v) is 14.3. The van der Waals surface area contributed by atoms with E-state index in [4.69, 9.17) is 4.43 Å². The van der Waals surface area contributed by atoms with Crippen molar-refractivity contribution in [2.75, 3.05) is 0 Å². The lowest BCUT2D eigenvalue weighted by atomic mass is 10.1. The molecule has 0 saturated carbocycles.